The molecule has 2 nitrogen and oxygen atoms in total. The fourth-order valence-corrected chi connectivity index (χ4v) is 2.52. The summed E-state index contributed by atoms with van der Waals surface area (Å²) in [7, 11) is 0. The van der Waals surface area contributed by atoms with Crippen molar-refractivity contribution in [3.63, 3.8) is 0 Å². The van der Waals surface area contributed by atoms with Crippen molar-refractivity contribution in [1.29, 1.82) is 0 Å². The zero-order valence-electron chi connectivity index (χ0n) is 10.8. The van der Waals surface area contributed by atoms with Gasteiger partial charge in [0.15, 0.2) is 5.78 Å². The van der Waals surface area contributed by atoms with Gasteiger partial charge in [0.2, 0.25) is 0 Å². The number of carbonyl (C=O) groups is 1. The molecule has 2 heteroatoms. The maximum Gasteiger partial charge on any atom is 0.187 e. The molecule has 94 valence electrons. The van der Waals surface area contributed by atoms with Gasteiger partial charge in [-0.15, -0.1) is 0 Å². The van der Waals surface area contributed by atoms with Crippen molar-refractivity contribution in [2.75, 3.05) is 0 Å². The molecule has 0 saturated heterocycles. The number of benzene rings is 1. The number of carbonyl (C=O) groups excluding carboxylic acids is 1. The lowest BCUT2D eigenvalue weighted by Crippen LogP contribution is -2.06. The van der Waals surface area contributed by atoms with Crippen LogP contribution in [-0.2, 0) is 11.3 Å². The molecule has 0 bridgehead atoms. The van der Waals surface area contributed by atoms with Gasteiger partial charge in [0.25, 0.3) is 0 Å². The van der Waals surface area contributed by atoms with E-state index in [9.17, 15) is 4.79 Å². The van der Waals surface area contributed by atoms with Gasteiger partial charge in [-0.1, -0.05) is 42.5 Å². The zero-order valence-corrected chi connectivity index (χ0v) is 10.8. The number of nitrogens with two attached hydrogens (primary N) is 1. The lowest BCUT2D eigenvalue weighted by Gasteiger charge is -2.14. The van der Waals surface area contributed by atoms with Gasteiger partial charge in [0.1, 0.15) is 0 Å². The summed E-state index contributed by atoms with van der Waals surface area (Å²) in [6.45, 7) is 2.57. The molecule has 0 aliphatic heterocycles. The van der Waals surface area contributed by atoms with E-state index in [0.29, 0.717) is 6.54 Å². The first-order valence-electron chi connectivity index (χ1n) is 6.35. The van der Waals surface area contributed by atoms with Crippen molar-refractivity contribution in [3.8, 4) is 0 Å². The van der Waals surface area contributed by atoms with Crippen LogP contribution >= 0.6 is 0 Å². The number of allylic oxidation sites excluding steroid dienone is 8. The topological polar surface area (TPSA) is 43.1 Å². The van der Waals surface area contributed by atoms with Gasteiger partial charge in [0.05, 0.1) is 0 Å². The van der Waals surface area contributed by atoms with Crippen LogP contribution in [0.5, 0.6) is 0 Å². The fraction of sp³-hybridized carbons (Fsp3) is 0.118. The Morgan fingerprint density at radius 1 is 1.05 bits per heavy atom. The molecule has 3 rings (SSSR count). The Bertz CT molecular complexity index is 670. The molecular weight excluding hydrogens is 234 g/mol. The third-order valence-corrected chi connectivity index (χ3v) is 3.47. The first-order chi connectivity index (χ1) is 9.19. The monoisotopic (exact) mass is 249 g/mol. The van der Waals surface area contributed by atoms with Crippen molar-refractivity contribution in [1.82, 2.24) is 0 Å². The number of hydrogen-bond donors (Lipinski definition) is 1. The molecule has 0 aromatic heterocycles. The Labute approximate surface area is 112 Å². The van der Waals surface area contributed by atoms with E-state index >= 15 is 0 Å². The van der Waals surface area contributed by atoms with Gasteiger partial charge in [-0.25, -0.2) is 0 Å². The van der Waals surface area contributed by atoms with Gasteiger partial charge >= 0.3 is 0 Å². The second-order valence-corrected chi connectivity index (χ2v) is 4.88. The fourth-order valence-electron chi connectivity index (χ4n) is 2.52. The Hall–Kier alpha value is -2.19. The van der Waals surface area contributed by atoms with Crippen LogP contribution in [-0.4, -0.2) is 5.78 Å². The molecule has 1 aromatic carbocycles. The van der Waals surface area contributed by atoms with E-state index in [0.717, 1.165) is 27.8 Å². The summed E-state index contributed by atoms with van der Waals surface area (Å²) in [6.07, 6.45) is 7.71. The molecule has 2 aliphatic rings. The molecule has 2 N–H and O–H groups in total. The lowest BCUT2D eigenvalue weighted by atomic mass is 9.88. The van der Waals surface area contributed by atoms with Crippen LogP contribution in [0.4, 0.5) is 0 Å². The van der Waals surface area contributed by atoms with Crippen molar-refractivity contribution >= 4 is 11.4 Å². The Morgan fingerprint density at radius 2 is 1.79 bits per heavy atom. The molecular formula is C17H15NO. The van der Waals surface area contributed by atoms with Crippen LogP contribution in [0.25, 0.3) is 5.57 Å². The van der Waals surface area contributed by atoms with E-state index in [1.54, 1.807) is 6.08 Å². The molecule has 19 heavy (non-hydrogen) atoms. The molecule has 0 saturated carbocycles. The largest absolute Gasteiger partial charge is 0.326 e. The minimum Gasteiger partial charge on any atom is -0.326 e. The second-order valence-electron chi connectivity index (χ2n) is 4.88. The number of fused-ring (bicyclic) bond motifs is 1. The average Bonchev–Trinajstić information content (AvgIpc) is 2.79. The predicted octanol–water partition coefficient (Wildman–Crippen LogP) is 2.92. The Morgan fingerprint density at radius 3 is 2.47 bits per heavy atom. The normalized spacial score (nSPS) is 17.5. The third kappa shape index (κ3) is 2.00. The van der Waals surface area contributed by atoms with Crippen LogP contribution in [0.3, 0.4) is 0 Å². The molecule has 1 aromatic rings. The smallest absolute Gasteiger partial charge is 0.187 e. The summed E-state index contributed by atoms with van der Waals surface area (Å²) in [5, 5.41) is 0. The van der Waals surface area contributed by atoms with Gasteiger partial charge in [-0.2, -0.15) is 0 Å². The van der Waals surface area contributed by atoms with Gasteiger partial charge < -0.3 is 5.73 Å². The predicted molar refractivity (Wildman–Crippen MR) is 77.2 cm³/mol. The third-order valence-electron chi connectivity index (χ3n) is 3.47. The maximum absolute atomic E-state index is 12.2. The highest BCUT2D eigenvalue weighted by atomic mass is 16.1. The molecule has 0 radical (unpaired) electrons. The van der Waals surface area contributed by atoms with Crippen molar-refractivity contribution in [2.24, 2.45) is 5.73 Å². The highest BCUT2D eigenvalue weighted by molar-refractivity contribution is 6.29. The minimum atomic E-state index is 0.0681. The van der Waals surface area contributed by atoms with E-state index in [-0.39, 0.29) is 5.78 Å². The standard InChI is InChI=1S/C17H15NO/c1-11-8-14-6-7-16(19)17(15(14)9-11)13-4-2-12(10-18)3-5-13/h2-9H,10,18H2,1H3. The summed E-state index contributed by atoms with van der Waals surface area (Å²) < 4.78 is 0. The summed E-state index contributed by atoms with van der Waals surface area (Å²) in [5.41, 5.74) is 11.7. The molecule has 0 heterocycles. The highest BCUT2D eigenvalue weighted by Gasteiger charge is 2.22. The molecule has 2 aliphatic carbocycles. The zero-order chi connectivity index (χ0) is 13.4. The Kier molecular flexibility index (Phi) is 2.80. The van der Waals surface area contributed by atoms with Gasteiger partial charge in [-0.3, -0.25) is 4.79 Å². The maximum atomic E-state index is 12.2. The number of ketones is 1. The van der Waals surface area contributed by atoms with Gasteiger partial charge in [0, 0.05) is 12.1 Å². The quantitative estimate of drug-likeness (QED) is 0.875. The van der Waals surface area contributed by atoms with Crippen LogP contribution in [0.2, 0.25) is 0 Å². The number of hydrogen-bond acceptors (Lipinski definition) is 2. The van der Waals surface area contributed by atoms with Crippen LogP contribution in [0, 0.1) is 0 Å². The van der Waals surface area contributed by atoms with Gasteiger partial charge in [-0.05, 0) is 40.8 Å². The van der Waals surface area contributed by atoms with Crippen molar-refractivity contribution < 1.29 is 4.79 Å². The first kappa shape index (κ1) is 11.9. The highest BCUT2D eigenvalue weighted by Crippen LogP contribution is 2.35. The Balaban J connectivity index is 2.13. The summed E-state index contributed by atoms with van der Waals surface area (Å²) in [6, 6.07) is 7.90. The molecule has 0 amide bonds. The van der Waals surface area contributed by atoms with E-state index in [1.165, 1.54) is 5.57 Å². The second kappa shape index (κ2) is 4.48. The average molecular weight is 249 g/mol. The van der Waals surface area contributed by atoms with E-state index < -0.39 is 0 Å². The summed E-state index contributed by atoms with van der Waals surface area (Å²) >= 11 is 0. The molecule has 0 fully saturated rings. The van der Waals surface area contributed by atoms with Crippen molar-refractivity contribution in [2.45, 2.75) is 13.5 Å². The van der Waals surface area contributed by atoms with E-state index in [4.69, 9.17) is 5.73 Å². The summed E-state index contributed by atoms with van der Waals surface area (Å²) in [5.74, 6) is 0.0681. The SMILES string of the molecule is CC1=CC2=C(c3ccc(CN)cc3)C(=O)C=CC2=C1. The summed E-state index contributed by atoms with van der Waals surface area (Å²) in [4.78, 5) is 12.2. The van der Waals surface area contributed by atoms with Crippen LogP contribution in [0.1, 0.15) is 18.1 Å². The first-order valence-corrected chi connectivity index (χ1v) is 6.35. The molecule has 0 atom stereocenters. The van der Waals surface area contributed by atoms with E-state index in [1.807, 2.05) is 37.3 Å². The minimum absolute atomic E-state index is 0.0681. The number of rotatable bonds is 2. The molecule has 0 spiro atoms. The van der Waals surface area contributed by atoms with Crippen LogP contribution < -0.4 is 5.73 Å². The lowest BCUT2D eigenvalue weighted by molar-refractivity contribution is -0.109. The van der Waals surface area contributed by atoms with E-state index in [2.05, 4.69) is 12.2 Å². The molecule has 0 unspecified atom stereocenters. The van der Waals surface area contributed by atoms with Crippen molar-refractivity contribution in [3.05, 3.63) is 76.4 Å². The van der Waals surface area contributed by atoms with Crippen LogP contribution in [0.15, 0.2) is 65.3 Å².